The molecule has 2 heterocycles. The molecule has 8 heteroatoms. The summed E-state index contributed by atoms with van der Waals surface area (Å²) in [5.74, 6) is -0.0579. The highest BCUT2D eigenvalue weighted by Crippen LogP contribution is 2.32. The number of benzene rings is 1. The second-order valence-corrected chi connectivity index (χ2v) is 7.11. The number of nitrogens with zero attached hydrogens (tertiary/aromatic N) is 2. The van der Waals surface area contributed by atoms with Crippen molar-refractivity contribution < 1.29 is 14.3 Å². The molecule has 0 radical (unpaired) electrons. The second kappa shape index (κ2) is 7.81. The Kier molecular flexibility index (Phi) is 6.19. The molecule has 6 nitrogen and oxygen atoms in total. The topological polar surface area (TPSA) is 75.9 Å². The van der Waals surface area contributed by atoms with E-state index in [1.807, 2.05) is 12.1 Å². The summed E-state index contributed by atoms with van der Waals surface area (Å²) in [4.78, 5) is 27.5. The molecule has 2 aliphatic heterocycles. The summed E-state index contributed by atoms with van der Waals surface area (Å²) in [5, 5.41) is 0.663. The minimum Gasteiger partial charge on any atom is -0.441 e. The van der Waals surface area contributed by atoms with E-state index in [9.17, 15) is 9.59 Å². The molecule has 0 bridgehead atoms. The van der Waals surface area contributed by atoms with Crippen LogP contribution in [0.25, 0.3) is 0 Å². The molecule has 0 aliphatic carbocycles. The van der Waals surface area contributed by atoms with Crippen LogP contribution in [0.5, 0.6) is 0 Å². The van der Waals surface area contributed by atoms with E-state index >= 15 is 0 Å². The third-order valence-electron chi connectivity index (χ3n) is 4.81. The molecule has 0 saturated carbocycles. The van der Waals surface area contributed by atoms with Crippen LogP contribution >= 0.6 is 24.0 Å². The number of amides is 2. The predicted octanol–water partition coefficient (Wildman–Crippen LogP) is 2.07. The summed E-state index contributed by atoms with van der Waals surface area (Å²) < 4.78 is 5.50. The minimum absolute atomic E-state index is 0. The van der Waals surface area contributed by atoms with Gasteiger partial charge in [-0.3, -0.25) is 4.79 Å². The van der Waals surface area contributed by atoms with Gasteiger partial charge in [0.2, 0.25) is 5.91 Å². The number of likely N-dealkylation sites (tertiary alicyclic amines) is 1. The SMILES string of the molecule is CN1CC2(CCN(C(=O)[C@H](N)Cc3ccc(Cl)cc3)CC2)OC1=O.Cl. The van der Waals surface area contributed by atoms with Gasteiger partial charge in [-0.15, -0.1) is 12.4 Å². The van der Waals surface area contributed by atoms with Gasteiger partial charge in [0, 0.05) is 38.0 Å². The lowest BCUT2D eigenvalue weighted by molar-refractivity contribution is -0.135. The molecular formula is C17H23Cl2N3O3. The quantitative estimate of drug-likeness (QED) is 0.860. The Morgan fingerprint density at radius 1 is 1.32 bits per heavy atom. The van der Waals surface area contributed by atoms with Crippen molar-refractivity contribution in [3.05, 3.63) is 34.9 Å². The Bertz CT molecular complexity index is 631. The summed E-state index contributed by atoms with van der Waals surface area (Å²) >= 11 is 5.87. The molecule has 1 spiro atoms. The molecule has 2 saturated heterocycles. The number of halogens is 2. The zero-order chi connectivity index (χ0) is 17.3. The number of nitrogens with two attached hydrogens (primary N) is 1. The van der Waals surface area contributed by atoms with Crippen LogP contribution in [0.1, 0.15) is 18.4 Å². The van der Waals surface area contributed by atoms with Gasteiger partial charge in [0.1, 0.15) is 5.60 Å². The van der Waals surface area contributed by atoms with Gasteiger partial charge in [0.15, 0.2) is 0 Å². The predicted molar refractivity (Wildman–Crippen MR) is 98.0 cm³/mol. The largest absolute Gasteiger partial charge is 0.441 e. The van der Waals surface area contributed by atoms with Crippen LogP contribution in [-0.2, 0) is 16.0 Å². The molecule has 25 heavy (non-hydrogen) atoms. The molecule has 1 aromatic carbocycles. The average Bonchev–Trinajstić information content (AvgIpc) is 2.83. The number of piperidine rings is 1. The van der Waals surface area contributed by atoms with Gasteiger partial charge in [-0.25, -0.2) is 4.79 Å². The Labute approximate surface area is 158 Å². The molecule has 0 aromatic heterocycles. The van der Waals surface area contributed by atoms with Gasteiger partial charge >= 0.3 is 6.09 Å². The van der Waals surface area contributed by atoms with Crippen LogP contribution in [0, 0.1) is 0 Å². The van der Waals surface area contributed by atoms with Crippen LogP contribution in [0.3, 0.4) is 0 Å². The molecule has 138 valence electrons. The molecule has 0 unspecified atom stereocenters. The first-order valence-electron chi connectivity index (χ1n) is 8.11. The minimum atomic E-state index is -0.575. The Morgan fingerprint density at radius 2 is 1.92 bits per heavy atom. The van der Waals surface area contributed by atoms with Crippen LogP contribution < -0.4 is 5.73 Å². The first-order chi connectivity index (χ1) is 11.4. The first kappa shape index (κ1) is 19.8. The number of rotatable bonds is 3. The molecule has 1 aromatic rings. The fraction of sp³-hybridized carbons (Fsp3) is 0.529. The van der Waals surface area contributed by atoms with E-state index in [1.54, 1.807) is 29.0 Å². The van der Waals surface area contributed by atoms with E-state index in [-0.39, 0.29) is 24.4 Å². The highest BCUT2D eigenvalue weighted by atomic mass is 35.5. The monoisotopic (exact) mass is 387 g/mol. The van der Waals surface area contributed by atoms with E-state index in [2.05, 4.69) is 0 Å². The van der Waals surface area contributed by atoms with Crippen molar-refractivity contribution in [2.45, 2.75) is 30.9 Å². The number of ether oxygens (including phenoxy) is 1. The Balaban J connectivity index is 0.00000225. The van der Waals surface area contributed by atoms with E-state index in [0.29, 0.717) is 43.9 Å². The molecule has 2 amide bonds. The van der Waals surface area contributed by atoms with Crippen molar-refractivity contribution in [1.29, 1.82) is 0 Å². The first-order valence-corrected chi connectivity index (χ1v) is 8.49. The molecule has 2 fully saturated rings. The van der Waals surface area contributed by atoms with Crippen LogP contribution in [-0.4, -0.2) is 60.1 Å². The summed E-state index contributed by atoms with van der Waals surface area (Å²) in [6.07, 6.45) is 1.51. The van der Waals surface area contributed by atoms with Gasteiger partial charge in [-0.05, 0) is 24.1 Å². The maximum atomic E-state index is 12.6. The zero-order valence-corrected chi connectivity index (χ0v) is 15.7. The zero-order valence-electron chi connectivity index (χ0n) is 14.1. The van der Waals surface area contributed by atoms with E-state index in [0.717, 1.165) is 5.56 Å². The fourth-order valence-electron chi connectivity index (χ4n) is 3.38. The second-order valence-electron chi connectivity index (χ2n) is 6.67. The van der Waals surface area contributed by atoms with Gasteiger partial charge in [-0.1, -0.05) is 23.7 Å². The highest BCUT2D eigenvalue weighted by molar-refractivity contribution is 6.30. The maximum absolute atomic E-state index is 12.6. The third-order valence-corrected chi connectivity index (χ3v) is 5.07. The van der Waals surface area contributed by atoms with Crippen LogP contribution in [0.2, 0.25) is 5.02 Å². The van der Waals surface area contributed by atoms with Crippen LogP contribution in [0.15, 0.2) is 24.3 Å². The highest BCUT2D eigenvalue weighted by Gasteiger charge is 2.46. The van der Waals surface area contributed by atoms with Crippen molar-refractivity contribution in [2.75, 3.05) is 26.7 Å². The number of likely N-dealkylation sites (N-methyl/N-ethyl adjacent to an activating group) is 1. The van der Waals surface area contributed by atoms with E-state index in [4.69, 9.17) is 22.1 Å². The Morgan fingerprint density at radius 3 is 2.44 bits per heavy atom. The number of carbonyl (C=O) groups is 2. The van der Waals surface area contributed by atoms with Gasteiger partial charge < -0.3 is 20.3 Å². The standard InChI is InChI=1S/C17H22ClN3O3.ClH/c1-20-11-17(24-16(20)23)6-8-21(9-7-17)15(22)14(19)10-12-2-4-13(18)5-3-12;/h2-5,14H,6-11,19H2,1H3;1H/t14-;/m1./s1. The summed E-state index contributed by atoms with van der Waals surface area (Å²) in [6.45, 7) is 1.72. The Hall–Kier alpha value is -1.50. The molecular weight excluding hydrogens is 365 g/mol. The average molecular weight is 388 g/mol. The summed E-state index contributed by atoms with van der Waals surface area (Å²) in [7, 11) is 1.73. The summed E-state index contributed by atoms with van der Waals surface area (Å²) in [5.41, 5.74) is 6.63. The smallest absolute Gasteiger partial charge is 0.410 e. The van der Waals surface area contributed by atoms with Gasteiger partial charge in [0.05, 0.1) is 12.6 Å². The lowest BCUT2D eigenvalue weighted by Gasteiger charge is -2.38. The molecule has 2 N–H and O–H groups in total. The normalized spacial score (nSPS) is 20.2. The van der Waals surface area contributed by atoms with E-state index in [1.165, 1.54) is 0 Å². The molecule has 3 rings (SSSR count). The molecule has 1 atom stereocenters. The van der Waals surface area contributed by atoms with Crippen molar-refractivity contribution in [2.24, 2.45) is 5.73 Å². The summed E-state index contributed by atoms with van der Waals surface area (Å²) in [6, 6.07) is 6.78. The fourth-order valence-corrected chi connectivity index (χ4v) is 3.51. The third kappa shape index (κ3) is 4.37. The van der Waals surface area contributed by atoms with E-state index < -0.39 is 11.6 Å². The van der Waals surface area contributed by atoms with Crippen LogP contribution in [0.4, 0.5) is 4.79 Å². The lowest BCUT2D eigenvalue weighted by Crippen LogP contribution is -2.53. The number of hydrogen-bond acceptors (Lipinski definition) is 4. The van der Waals surface area contributed by atoms with Gasteiger partial charge in [0.25, 0.3) is 0 Å². The van der Waals surface area contributed by atoms with Crippen molar-refractivity contribution in [1.82, 2.24) is 9.80 Å². The van der Waals surface area contributed by atoms with Crippen molar-refractivity contribution >= 4 is 36.0 Å². The number of hydrogen-bond donors (Lipinski definition) is 1. The lowest BCUT2D eigenvalue weighted by atomic mass is 9.91. The van der Waals surface area contributed by atoms with Crippen molar-refractivity contribution in [3.63, 3.8) is 0 Å². The molecule has 2 aliphatic rings. The number of carbonyl (C=O) groups excluding carboxylic acids is 2. The maximum Gasteiger partial charge on any atom is 0.410 e. The van der Waals surface area contributed by atoms with Gasteiger partial charge in [-0.2, -0.15) is 0 Å². The van der Waals surface area contributed by atoms with Crippen molar-refractivity contribution in [3.8, 4) is 0 Å².